The highest BCUT2D eigenvalue weighted by Gasteiger charge is 2.15. The van der Waals surface area contributed by atoms with Gasteiger partial charge in [-0.2, -0.15) is 4.98 Å². The molecule has 0 aliphatic rings. The number of rotatable bonds is 9. The van der Waals surface area contributed by atoms with Crippen LogP contribution in [0.4, 0.5) is 23.1 Å². The molecule has 2 aromatic heterocycles. The Labute approximate surface area is 204 Å². The second-order valence-corrected chi connectivity index (χ2v) is 9.65. The molecule has 10 heteroatoms. The van der Waals surface area contributed by atoms with Gasteiger partial charge in [-0.25, -0.2) is 18.1 Å². The molecule has 0 atom stereocenters. The molecular formula is C25H26N6O3S. The molecule has 35 heavy (non-hydrogen) atoms. The van der Waals surface area contributed by atoms with Gasteiger partial charge in [0.2, 0.25) is 16.0 Å². The number of hydrogen-bond donors (Lipinski definition) is 3. The lowest BCUT2D eigenvalue weighted by Gasteiger charge is -2.12. The maximum Gasteiger partial charge on any atom is 0.240 e. The van der Waals surface area contributed by atoms with Crippen LogP contribution in [0.25, 0.3) is 0 Å². The van der Waals surface area contributed by atoms with Crippen LogP contribution in [0.5, 0.6) is 5.75 Å². The van der Waals surface area contributed by atoms with E-state index in [1.54, 1.807) is 31.3 Å². The largest absolute Gasteiger partial charge is 0.487 e. The maximum absolute atomic E-state index is 12.3. The number of sulfonamides is 1. The van der Waals surface area contributed by atoms with Gasteiger partial charge in [0.25, 0.3) is 0 Å². The lowest BCUT2D eigenvalue weighted by atomic mass is 10.2. The number of hydrogen-bond acceptors (Lipinski definition) is 8. The van der Waals surface area contributed by atoms with Gasteiger partial charge < -0.3 is 15.4 Å². The molecule has 0 spiro atoms. The molecule has 2 heterocycles. The van der Waals surface area contributed by atoms with Crippen molar-refractivity contribution in [2.24, 2.45) is 0 Å². The van der Waals surface area contributed by atoms with Crippen molar-refractivity contribution in [2.75, 3.05) is 17.7 Å². The van der Waals surface area contributed by atoms with E-state index in [9.17, 15) is 8.42 Å². The van der Waals surface area contributed by atoms with Gasteiger partial charge >= 0.3 is 0 Å². The number of aryl methyl sites for hydroxylation is 2. The van der Waals surface area contributed by atoms with E-state index in [0.717, 1.165) is 22.8 Å². The van der Waals surface area contributed by atoms with Crippen LogP contribution < -0.4 is 20.1 Å². The normalized spacial score (nSPS) is 11.2. The SMILES string of the molecule is CNS(=O)(=O)c1cc(Nc2nc(C)cc(Nc3ccc(OCc4ccccn4)cc3)n2)ccc1C. The van der Waals surface area contributed by atoms with E-state index in [2.05, 4.69) is 30.3 Å². The van der Waals surface area contributed by atoms with E-state index in [1.165, 1.54) is 7.05 Å². The molecule has 2 aromatic carbocycles. The van der Waals surface area contributed by atoms with E-state index in [-0.39, 0.29) is 4.90 Å². The zero-order chi connectivity index (χ0) is 24.8. The first-order chi connectivity index (χ1) is 16.8. The highest BCUT2D eigenvalue weighted by molar-refractivity contribution is 7.89. The van der Waals surface area contributed by atoms with E-state index >= 15 is 0 Å². The number of pyridine rings is 1. The molecule has 0 amide bonds. The van der Waals surface area contributed by atoms with Crippen molar-refractivity contribution in [3.63, 3.8) is 0 Å². The minimum absolute atomic E-state index is 0.196. The Hall–Kier alpha value is -4.02. The van der Waals surface area contributed by atoms with Crippen LogP contribution in [0, 0.1) is 13.8 Å². The molecule has 0 saturated heterocycles. The molecule has 0 radical (unpaired) electrons. The predicted octanol–water partition coefficient (Wildman–Crippen LogP) is 4.46. The molecule has 0 aliphatic heterocycles. The molecule has 4 rings (SSSR count). The van der Waals surface area contributed by atoms with Gasteiger partial charge in [0.1, 0.15) is 18.2 Å². The molecule has 9 nitrogen and oxygen atoms in total. The van der Waals surface area contributed by atoms with Crippen molar-refractivity contribution < 1.29 is 13.2 Å². The molecule has 4 aromatic rings. The van der Waals surface area contributed by atoms with E-state index in [0.29, 0.717) is 29.6 Å². The fourth-order valence-electron chi connectivity index (χ4n) is 3.32. The Morgan fingerprint density at radius 2 is 1.66 bits per heavy atom. The first-order valence-corrected chi connectivity index (χ1v) is 12.4. The molecule has 3 N–H and O–H groups in total. The van der Waals surface area contributed by atoms with E-state index in [4.69, 9.17) is 4.74 Å². The predicted molar refractivity (Wildman–Crippen MR) is 136 cm³/mol. The summed E-state index contributed by atoms with van der Waals surface area (Å²) in [6.07, 6.45) is 1.74. The molecular weight excluding hydrogens is 464 g/mol. The molecule has 0 saturated carbocycles. The van der Waals surface area contributed by atoms with Crippen LogP contribution in [0.3, 0.4) is 0 Å². The summed E-state index contributed by atoms with van der Waals surface area (Å²) in [4.78, 5) is 13.4. The first kappa shape index (κ1) is 24.1. The molecule has 0 aliphatic carbocycles. The van der Waals surface area contributed by atoms with Crippen molar-refractivity contribution in [3.8, 4) is 5.75 Å². The standard InChI is InChI=1S/C25H26N6O3S/c1-17-7-8-20(15-23(17)35(32,33)26-3)30-25-28-18(2)14-24(31-25)29-19-9-11-22(12-10-19)34-16-21-6-4-5-13-27-21/h4-15,26H,16H2,1-3H3,(H2,28,29,30,31). The summed E-state index contributed by atoms with van der Waals surface area (Å²) in [5, 5.41) is 6.36. The fourth-order valence-corrected chi connectivity index (χ4v) is 4.31. The highest BCUT2D eigenvalue weighted by Crippen LogP contribution is 2.24. The second kappa shape index (κ2) is 10.5. The van der Waals surface area contributed by atoms with Crippen molar-refractivity contribution in [3.05, 3.63) is 89.9 Å². The van der Waals surface area contributed by atoms with Gasteiger partial charge in [-0.15, -0.1) is 0 Å². The van der Waals surface area contributed by atoms with E-state index < -0.39 is 10.0 Å². The van der Waals surface area contributed by atoms with Crippen LogP contribution in [0.2, 0.25) is 0 Å². The summed E-state index contributed by atoms with van der Waals surface area (Å²) >= 11 is 0. The third-order valence-corrected chi connectivity index (χ3v) is 6.65. The quantitative estimate of drug-likeness (QED) is 0.315. The molecule has 0 unspecified atom stereocenters. The van der Waals surface area contributed by atoms with Gasteiger partial charge in [0.05, 0.1) is 10.6 Å². The van der Waals surface area contributed by atoms with Gasteiger partial charge in [0.15, 0.2) is 0 Å². The van der Waals surface area contributed by atoms with Crippen LogP contribution in [-0.4, -0.2) is 30.4 Å². The number of nitrogens with zero attached hydrogens (tertiary/aromatic N) is 3. The minimum Gasteiger partial charge on any atom is -0.487 e. The van der Waals surface area contributed by atoms with Crippen molar-refractivity contribution in [1.82, 2.24) is 19.7 Å². The van der Waals surface area contributed by atoms with Crippen molar-refractivity contribution in [1.29, 1.82) is 0 Å². The summed E-state index contributed by atoms with van der Waals surface area (Å²) in [5.74, 6) is 1.67. The van der Waals surface area contributed by atoms with Crippen molar-refractivity contribution in [2.45, 2.75) is 25.3 Å². The number of aromatic nitrogens is 3. The third kappa shape index (κ3) is 6.31. The highest BCUT2D eigenvalue weighted by atomic mass is 32.2. The maximum atomic E-state index is 12.3. The summed E-state index contributed by atoms with van der Waals surface area (Å²) in [7, 11) is -2.20. The monoisotopic (exact) mass is 490 g/mol. The Balaban J connectivity index is 1.46. The average Bonchev–Trinajstić information content (AvgIpc) is 2.85. The Morgan fingerprint density at radius 1 is 0.886 bits per heavy atom. The smallest absolute Gasteiger partial charge is 0.240 e. The molecule has 180 valence electrons. The topological polar surface area (TPSA) is 118 Å². The van der Waals surface area contributed by atoms with Gasteiger partial charge in [-0.1, -0.05) is 12.1 Å². The number of benzene rings is 2. The third-order valence-electron chi connectivity index (χ3n) is 5.10. The fraction of sp³-hybridized carbons (Fsp3) is 0.160. The van der Waals surface area contributed by atoms with E-state index in [1.807, 2.05) is 55.5 Å². The van der Waals surface area contributed by atoms with Crippen LogP contribution in [-0.2, 0) is 16.6 Å². The summed E-state index contributed by atoms with van der Waals surface area (Å²) < 4.78 is 32.7. The zero-order valence-electron chi connectivity index (χ0n) is 19.6. The number of ether oxygens (including phenoxy) is 1. The van der Waals surface area contributed by atoms with Crippen LogP contribution in [0.15, 0.2) is 77.8 Å². The van der Waals surface area contributed by atoms with Crippen molar-refractivity contribution >= 4 is 33.2 Å². The lowest BCUT2D eigenvalue weighted by Crippen LogP contribution is -2.19. The molecule has 0 bridgehead atoms. The first-order valence-electron chi connectivity index (χ1n) is 10.9. The Kier molecular flexibility index (Phi) is 7.23. The average molecular weight is 491 g/mol. The Morgan fingerprint density at radius 3 is 2.37 bits per heavy atom. The van der Waals surface area contributed by atoms with Gasteiger partial charge in [-0.3, -0.25) is 4.98 Å². The number of nitrogens with one attached hydrogen (secondary N) is 3. The lowest BCUT2D eigenvalue weighted by molar-refractivity contribution is 0.301. The zero-order valence-corrected chi connectivity index (χ0v) is 20.4. The second-order valence-electron chi connectivity index (χ2n) is 7.79. The number of anilines is 4. The summed E-state index contributed by atoms with van der Waals surface area (Å²) in [6, 6.07) is 20.1. The summed E-state index contributed by atoms with van der Waals surface area (Å²) in [6.45, 7) is 4.00. The Bertz CT molecular complexity index is 1410. The van der Waals surface area contributed by atoms with Gasteiger partial charge in [-0.05, 0) is 75.0 Å². The van der Waals surface area contributed by atoms with Crippen LogP contribution in [0.1, 0.15) is 17.0 Å². The summed E-state index contributed by atoms with van der Waals surface area (Å²) in [5.41, 5.74) is 3.64. The minimum atomic E-state index is -3.58. The molecule has 0 fully saturated rings. The van der Waals surface area contributed by atoms with Gasteiger partial charge in [0, 0.05) is 29.3 Å². The van der Waals surface area contributed by atoms with Crippen LogP contribution >= 0.6 is 0 Å².